The zero-order valence-corrected chi connectivity index (χ0v) is 12.6. The molecule has 0 saturated carbocycles. The lowest BCUT2D eigenvalue weighted by Gasteiger charge is -2.27. The van der Waals surface area contributed by atoms with Gasteiger partial charge in [-0.2, -0.15) is 0 Å². The van der Waals surface area contributed by atoms with Crippen molar-refractivity contribution in [3.8, 4) is 0 Å². The van der Waals surface area contributed by atoms with Crippen molar-refractivity contribution in [2.75, 3.05) is 18.0 Å². The van der Waals surface area contributed by atoms with Crippen molar-refractivity contribution in [3.63, 3.8) is 0 Å². The first-order valence-electron chi connectivity index (χ1n) is 7.57. The molecule has 0 aliphatic carbocycles. The van der Waals surface area contributed by atoms with Crippen molar-refractivity contribution in [2.45, 2.75) is 38.0 Å². The first-order valence-corrected chi connectivity index (χ1v) is 8.11. The van der Waals surface area contributed by atoms with E-state index in [1.807, 2.05) is 6.20 Å². The highest BCUT2D eigenvalue weighted by Crippen LogP contribution is 2.29. The lowest BCUT2D eigenvalue weighted by atomic mass is 10.1. The van der Waals surface area contributed by atoms with Crippen LogP contribution in [0.3, 0.4) is 0 Å². The van der Waals surface area contributed by atoms with Gasteiger partial charge in [0.1, 0.15) is 5.82 Å². The van der Waals surface area contributed by atoms with Crippen LogP contribution in [0.5, 0.6) is 0 Å². The molecule has 0 radical (unpaired) electrons. The van der Waals surface area contributed by atoms with E-state index in [0.29, 0.717) is 5.88 Å². The van der Waals surface area contributed by atoms with E-state index in [0.717, 1.165) is 24.5 Å². The van der Waals surface area contributed by atoms with E-state index in [4.69, 9.17) is 16.6 Å². The number of nitrogens with zero attached hydrogens (tertiary/aromatic N) is 2. The van der Waals surface area contributed by atoms with Gasteiger partial charge in [-0.25, -0.2) is 4.98 Å². The zero-order chi connectivity index (χ0) is 13.8. The Kier molecular flexibility index (Phi) is 4.41. The molecule has 20 heavy (non-hydrogen) atoms. The number of halogens is 1. The maximum absolute atomic E-state index is 6.04. The fourth-order valence-corrected chi connectivity index (χ4v) is 3.27. The highest BCUT2D eigenvalue weighted by Gasteiger charge is 2.14. The molecule has 1 aliphatic heterocycles. The van der Waals surface area contributed by atoms with E-state index in [1.54, 1.807) is 0 Å². The molecule has 1 saturated heterocycles. The fraction of sp³-hybridized carbons (Fsp3) is 0.471. The lowest BCUT2D eigenvalue weighted by Crippen LogP contribution is -2.28. The van der Waals surface area contributed by atoms with Crippen LogP contribution in [0.2, 0.25) is 0 Å². The minimum absolute atomic E-state index is 0.522. The molecule has 3 rings (SSSR count). The molecule has 1 aliphatic rings. The summed E-state index contributed by atoms with van der Waals surface area (Å²) < 4.78 is 0. The number of anilines is 1. The normalized spacial score (nSPS) is 16.9. The van der Waals surface area contributed by atoms with Crippen LogP contribution >= 0.6 is 11.6 Å². The molecule has 1 aromatic carbocycles. The van der Waals surface area contributed by atoms with Gasteiger partial charge in [0.15, 0.2) is 0 Å². The largest absolute Gasteiger partial charge is 0.356 e. The molecule has 0 spiro atoms. The molecule has 0 bridgehead atoms. The standard InChI is InChI=1S/C17H21ClN2/c18-12-14-13-19-17(16-9-5-4-8-15(14)16)20-10-6-2-1-3-7-11-20/h4-5,8-9,13H,1-3,6-7,10-12H2. The Morgan fingerprint density at radius 2 is 1.60 bits per heavy atom. The van der Waals surface area contributed by atoms with Gasteiger partial charge >= 0.3 is 0 Å². The zero-order valence-electron chi connectivity index (χ0n) is 11.8. The van der Waals surface area contributed by atoms with Gasteiger partial charge in [-0.05, 0) is 23.8 Å². The van der Waals surface area contributed by atoms with Crippen LogP contribution in [0.1, 0.15) is 37.7 Å². The summed E-state index contributed by atoms with van der Waals surface area (Å²) in [7, 11) is 0. The smallest absolute Gasteiger partial charge is 0.136 e. The van der Waals surface area contributed by atoms with Gasteiger partial charge in [0.25, 0.3) is 0 Å². The molecule has 106 valence electrons. The van der Waals surface area contributed by atoms with Crippen LogP contribution in [-0.4, -0.2) is 18.1 Å². The Hall–Kier alpha value is -1.28. The topological polar surface area (TPSA) is 16.1 Å². The van der Waals surface area contributed by atoms with Crippen molar-refractivity contribution in [1.29, 1.82) is 0 Å². The molecule has 1 fully saturated rings. The SMILES string of the molecule is ClCc1cnc(N2CCCCCCC2)c2ccccc12. The second-order valence-corrected chi connectivity index (χ2v) is 5.81. The Balaban J connectivity index is 2.02. The minimum Gasteiger partial charge on any atom is -0.356 e. The molecule has 1 aromatic heterocycles. The second-order valence-electron chi connectivity index (χ2n) is 5.54. The first kappa shape index (κ1) is 13.7. The van der Waals surface area contributed by atoms with E-state index < -0.39 is 0 Å². The third-order valence-electron chi connectivity index (χ3n) is 4.16. The second kappa shape index (κ2) is 6.45. The van der Waals surface area contributed by atoms with Gasteiger partial charge in [0.2, 0.25) is 0 Å². The molecular weight excluding hydrogens is 268 g/mol. The predicted molar refractivity (Wildman–Crippen MR) is 86.6 cm³/mol. The number of aromatic nitrogens is 1. The summed E-state index contributed by atoms with van der Waals surface area (Å²) in [5.41, 5.74) is 1.12. The number of rotatable bonds is 2. The van der Waals surface area contributed by atoms with E-state index in [-0.39, 0.29) is 0 Å². The Morgan fingerprint density at radius 3 is 2.30 bits per heavy atom. The molecule has 2 aromatic rings. The quantitative estimate of drug-likeness (QED) is 0.742. The van der Waals surface area contributed by atoms with Crippen LogP contribution in [0.25, 0.3) is 10.8 Å². The minimum atomic E-state index is 0.522. The lowest BCUT2D eigenvalue weighted by molar-refractivity contribution is 0.554. The van der Waals surface area contributed by atoms with Crippen molar-refractivity contribution >= 4 is 28.2 Å². The van der Waals surface area contributed by atoms with E-state index in [2.05, 4.69) is 29.2 Å². The van der Waals surface area contributed by atoms with Crippen molar-refractivity contribution in [1.82, 2.24) is 4.98 Å². The Bertz CT molecular complexity index is 574. The Labute approximate surface area is 125 Å². The average Bonchev–Trinajstić information content (AvgIpc) is 2.46. The molecule has 2 heterocycles. The van der Waals surface area contributed by atoms with Crippen LogP contribution in [0.15, 0.2) is 30.5 Å². The molecule has 3 heteroatoms. The summed E-state index contributed by atoms with van der Waals surface area (Å²) in [6.07, 6.45) is 8.56. The third kappa shape index (κ3) is 2.76. The number of alkyl halides is 1. The number of benzene rings is 1. The molecular formula is C17H21ClN2. The van der Waals surface area contributed by atoms with Gasteiger partial charge < -0.3 is 4.90 Å². The summed E-state index contributed by atoms with van der Waals surface area (Å²) in [5, 5.41) is 2.49. The Morgan fingerprint density at radius 1 is 0.950 bits per heavy atom. The number of fused-ring (bicyclic) bond motifs is 1. The van der Waals surface area contributed by atoms with Gasteiger partial charge in [-0.3, -0.25) is 0 Å². The van der Waals surface area contributed by atoms with E-state index in [1.165, 1.54) is 42.9 Å². The monoisotopic (exact) mass is 288 g/mol. The molecule has 0 atom stereocenters. The van der Waals surface area contributed by atoms with E-state index >= 15 is 0 Å². The predicted octanol–water partition coefficient (Wildman–Crippen LogP) is 4.74. The first-order chi connectivity index (χ1) is 9.90. The van der Waals surface area contributed by atoms with Gasteiger partial charge in [0, 0.05) is 30.6 Å². The van der Waals surface area contributed by atoms with Crippen molar-refractivity contribution < 1.29 is 0 Å². The number of pyridine rings is 1. The van der Waals surface area contributed by atoms with Crippen LogP contribution in [0.4, 0.5) is 5.82 Å². The van der Waals surface area contributed by atoms with Gasteiger partial charge in [-0.15, -0.1) is 11.6 Å². The summed E-state index contributed by atoms with van der Waals surface area (Å²) in [6, 6.07) is 8.50. The fourth-order valence-electron chi connectivity index (χ4n) is 3.05. The molecule has 2 nitrogen and oxygen atoms in total. The summed E-state index contributed by atoms with van der Waals surface area (Å²) >= 11 is 6.04. The maximum Gasteiger partial charge on any atom is 0.136 e. The molecule has 0 N–H and O–H groups in total. The van der Waals surface area contributed by atoms with Gasteiger partial charge in [-0.1, -0.05) is 43.5 Å². The van der Waals surface area contributed by atoms with Crippen LogP contribution in [-0.2, 0) is 5.88 Å². The van der Waals surface area contributed by atoms with E-state index in [9.17, 15) is 0 Å². The summed E-state index contributed by atoms with van der Waals surface area (Å²) in [6.45, 7) is 2.24. The highest BCUT2D eigenvalue weighted by atomic mass is 35.5. The third-order valence-corrected chi connectivity index (χ3v) is 4.44. The number of hydrogen-bond donors (Lipinski definition) is 0. The molecule has 0 amide bonds. The summed E-state index contributed by atoms with van der Waals surface area (Å²) in [4.78, 5) is 7.17. The maximum atomic E-state index is 6.04. The molecule has 0 unspecified atom stereocenters. The highest BCUT2D eigenvalue weighted by molar-refractivity contribution is 6.18. The number of hydrogen-bond acceptors (Lipinski definition) is 2. The summed E-state index contributed by atoms with van der Waals surface area (Å²) in [5.74, 6) is 1.66. The van der Waals surface area contributed by atoms with Crippen LogP contribution in [0, 0.1) is 0 Å². The van der Waals surface area contributed by atoms with Crippen molar-refractivity contribution in [3.05, 3.63) is 36.0 Å². The van der Waals surface area contributed by atoms with Crippen LogP contribution < -0.4 is 4.90 Å². The average molecular weight is 289 g/mol. The van der Waals surface area contributed by atoms with Gasteiger partial charge in [0.05, 0.1) is 0 Å². The van der Waals surface area contributed by atoms with Crippen molar-refractivity contribution in [2.24, 2.45) is 0 Å².